The number of nitrogens with one attached hydrogen (secondary N) is 1. The first-order chi connectivity index (χ1) is 15.5. The van der Waals surface area contributed by atoms with E-state index < -0.39 is 11.9 Å². The summed E-state index contributed by atoms with van der Waals surface area (Å²) >= 11 is 0. The molecule has 0 unspecified atom stereocenters. The van der Waals surface area contributed by atoms with Crippen LogP contribution in [0.4, 0.5) is 5.69 Å². The number of esters is 1. The number of rotatable bonds is 12. The Hall–Kier alpha value is -3.56. The van der Waals surface area contributed by atoms with Gasteiger partial charge in [0, 0.05) is 13.2 Å². The van der Waals surface area contributed by atoms with E-state index in [4.69, 9.17) is 28.4 Å². The highest BCUT2D eigenvalue weighted by atomic mass is 16.7. The summed E-state index contributed by atoms with van der Waals surface area (Å²) in [6.45, 7) is 0.830. The predicted molar refractivity (Wildman–Crippen MR) is 118 cm³/mol. The fraction of sp³-hybridized carbons (Fsp3) is 0.304. The molecule has 0 radical (unpaired) electrons. The minimum absolute atomic E-state index is 0.00667. The third-order valence-corrected chi connectivity index (χ3v) is 4.22. The van der Waals surface area contributed by atoms with E-state index in [9.17, 15) is 9.59 Å². The summed E-state index contributed by atoms with van der Waals surface area (Å²) in [5, 5.41) is 2.67. The van der Waals surface area contributed by atoms with E-state index >= 15 is 0 Å². The summed E-state index contributed by atoms with van der Waals surface area (Å²) in [5.41, 5.74) is 1.25. The molecule has 1 amide bonds. The second kappa shape index (κ2) is 13.0. The van der Waals surface area contributed by atoms with Crippen molar-refractivity contribution in [1.82, 2.24) is 0 Å². The van der Waals surface area contributed by atoms with Gasteiger partial charge in [-0.2, -0.15) is 0 Å². The fourth-order valence-electron chi connectivity index (χ4n) is 2.67. The molecule has 9 nitrogen and oxygen atoms in total. The summed E-state index contributed by atoms with van der Waals surface area (Å²) in [4.78, 5) is 24.2. The van der Waals surface area contributed by atoms with Crippen molar-refractivity contribution in [3.63, 3.8) is 0 Å². The van der Waals surface area contributed by atoms with Gasteiger partial charge in [0.2, 0.25) is 11.7 Å². The van der Waals surface area contributed by atoms with Gasteiger partial charge in [-0.3, -0.25) is 4.79 Å². The number of methoxy groups -OCH3 is 4. The van der Waals surface area contributed by atoms with Crippen molar-refractivity contribution in [1.29, 1.82) is 0 Å². The van der Waals surface area contributed by atoms with Crippen LogP contribution in [0.1, 0.15) is 15.9 Å². The molecule has 32 heavy (non-hydrogen) atoms. The number of amides is 1. The maximum absolute atomic E-state index is 12.4. The molecule has 0 spiro atoms. The lowest BCUT2D eigenvalue weighted by molar-refractivity contribution is -0.111. The summed E-state index contributed by atoms with van der Waals surface area (Å²) in [6, 6.07) is 9.96. The molecule has 0 aliphatic carbocycles. The van der Waals surface area contributed by atoms with E-state index in [-0.39, 0.29) is 12.4 Å². The molecule has 9 heteroatoms. The maximum Gasteiger partial charge on any atom is 0.339 e. The Bertz CT molecular complexity index is 916. The number of carbonyl (C=O) groups excluding carboxylic acids is 2. The Balaban J connectivity index is 2.13. The molecule has 0 saturated carbocycles. The first kappa shape index (κ1) is 24.7. The molecular formula is C23H27NO8. The van der Waals surface area contributed by atoms with E-state index in [0.29, 0.717) is 41.7 Å². The zero-order chi connectivity index (χ0) is 23.3. The zero-order valence-corrected chi connectivity index (χ0v) is 18.5. The smallest absolute Gasteiger partial charge is 0.339 e. The average Bonchev–Trinajstić information content (AvgIpc) is 2.82. The SMILES string of the molecule is COCCOCOc1c(OC)cc(C=CC(=O)Nc2ccccc2C(=O)OC)cc1OC. The zero-order valence-electron chi connectivity index (χ0n) is 18.5. The van der Waals surface area contributed by atoms with Crippen LogP contribution in [0.2, 0.25) is 0 Å². The second-order valence-electron chi connectivity index (χ2n) is 6.28. The lowest BCUT2D eigenvalue weighted by Gasteiger charge is -2.15. The van der Waals surface area contributed by atoms with Gasteiger partial charge in [0.1, 0.15) is 0 Å². The normalized spacial score (nSPS) is 10.6. The van der Waals surface area contributed by atoms with Crippen LogP contribution < -0.4 is 19.5 Å². The van der Waals surface area contributed by atoms with Crippen LogP contribution in [0.15, 0.2) is 42.5 Å². The molecule has 2 aromatic rings. The predicted octanol–water partition coefficient (Wildman–Crippen LogP) is 3.14. The molecule has 0 aliphatic heterocycles. The van der Waals surface area contributed by atoms with Crippen molar-refractivity contribution in [3.8, 4) is 17.2 Å². The van der Waals surface area contributed by atoms with Gasteiger partial charge < -0.3 is 33.7 Å². The van der Waals surface area contributed by atoms with Gasteiger partial charge >= 0.3 is 5.97 Å². The van der Waals surface area contributed by atoms with Crippen LogP contribution >= 0.6 is 0 Å². The minimum Gasteiger partial charge on any atom is -0.493 e. The lowest BCUT2D eigenvalue weighted by atomic mass is 10.1. The van der Waals surface area contributed by atoms with E-state index in [1.54, 1.807) is 49.6 Å². The standard InChI is InChI=1S/C23H27NO8/c1-27-11-12-31-15-32-22-19(28-2)13-16(14-20(22)29-3)9-10-21(25)24-18-8-6-5-7-17(18)23(26)30-4/h5-10,13-14H,11-12,15H2,1-4H3,(H,24,25). The van der Waals surface area contributed by atoms with E-state index in [1.165, 1.54) is 27.4 Å². The van der Waals surface area contributed by atoms with Crippen molar-refractivity contribution >= 4 is 23.6 Å². The quantitative estimate of drug-likeness (QED) is 0.230. The van der Waals surface area contributed by atoms with Crippen molar-refractivity contribution in [3.05, 3.63) is 53.6 Å². The number of anilines is 1. The molecular weight excluding hydrogens is 418 g/mol. The highest BCUT2D eigenvalue weighted by Crippen LogP contribution is 2.39. The lowest BCUT2D eigenvalue weighted by Crippen LogP contribution is -2.12. The topological polar surface area (TPSA) is 102 Å². The third-order valence-electron chi connectivity index (χ3n) is 4.22. The minimum atomic E-state index is -0.541. The molecule has 0 heterocycles. The molecule has 1 N–H and O–H groups in total. The van der Waals surface area contributed by atoms with Crippen LogP contribution in [0.25, 0.3) is 6.08 Å². The molecule has 2 rings (SSSR count). The van der Waals surface area contributed by atoms with Crippen molar-refractivity contribution < 1.29 is 38.0 Å². The van der Waals surface area contributed by atoms with Crippen LogP contribution in [-0.2, 0) is 19.0 Å². The number of hydrogen-bond donors (Lipinski definition) is 1. The van der Waals surface area contributed by atoms with Gasteiger partial charge in [0.25, 0.3) is 0 Å². The molecule has 0 saturated heterocycles. The monoisotopic (exact) mass is 445 g/mol. The number of carbonyl (C=O) groups is 2. The fourth-order valence-corrected chi connectivity index (χ4v) is 2.67. The number of benzene rings is 2. The van der Waals surface area contributed by atoms with Gasteiger partial charge in [-0.05, 0) is 35.9 Å². The molecule has 0 atom stereocenters. The first-order valence-electron chi connectivity index (χ1n) is 9.66. The van der Waals surface area contributed by atoms with Crippen LogP contribution in [0.5, 0.6) is 17.2 Å². The molecule has 0 bridgehead atoms. The van der Waals surface area contributed by atoms with E-state index in [0.717, 1.165) is 0 Å². The van der Waals surface area contributed by atoms with Crippen LogP contribution in [0, 0.1) is 0 Å². The highest BCUT2D eigenvalue weighted by molar-refractivity contribution is 6.06. The molecule has 172 valence electrons. The number of ether oxygens (including phenoxy) is 6. The Kier molecular flexibility index (Phi) is 10.0. The number of hydrogen-bond acceptors (Lipinski definition) is 8. The summed E-state index contributed by atoms with van der Waals surface area (Å²) in [5.74, 6) is 0.236. The average molecular weight is 445 g/mol. The summed E-state index contributed by atoms with van der Waals surface area (Å²) in [7, 11) is 5.86. The molecule has 0 aliphatic rings. The van der Waals surface area contributed by atoms with Gasteiger partial charge in [-0.25, -0.2) is 4.79 Å². The van der Waals surface area contributed by atoms with Gasteiger partial charge in [0.05, 0.1) is 45.8 Å². The van der Waals surface area contributed by atoms with Crippen molar-refractivity contribution in [2.45, 2.75) is 0 Å². The molecule has 0 aromatic heterocycles. The third kappa shape index (κ3) is 7.00. The molecule has 0 fully saturated rings. The summed E-state index contributed by atoms with van der Waals surface area (Å²) in [6.07, 6.45) is 2.91. The Morgan fingerprint density at radius 2 is 1.66 bits per heavy atom. The maximum atomic E-state index is 12.4. The van der Waals surface area contributed by atoms with Crippen molar-refractivity contribution in [2.24, 2.45) is 0 Å². The van der Waals surface area contributed by atoms with Crippen LogP contribution in [-0.4, -0.2) is 60.3 Å². The Labute approximate surface area is 186 Å². The number of para-hydroxylation sites is 1. The highest BCUT2D eigenvalue weighted by Gasteiger charge is 2.15. The van der Waals surface area contributed by atoms with E-state index in [2.05, 4.69) is 5.32 Å². The molecule has 2 aromatic carbocycles. The summed E-state index contributed by atoms with van der Waals surface area (Å²) < 4.78 is 31.4. The van der Waals surface area contributed by atoms with Crippen molar-refractivity contribution in [2.75, 3.05) is 53.8 Å². The first-order valence-corrected chi connectivity index (χ1v) is 9.66. The Morgan fingerprint density at radius 1 is 0.969 bits per heavy atom. The second-order valence-corrected chi connectivity index (χ2v) is 6.28. The van der Waals surface area contributed by atoms with Gasteiger partial charge in [-0.15, -0.1) is 0 Å². The van der Waals surface area contributed by atoms with Gasteiger partial charge in [0.15, 0.2) is 18.3 Å². The van der Waals surface area contributed by atoms with E-state index in [1.807, 2.05) is 0 Å². The Morgan fingerprint density at radius 3 is 2.28 bits per heavy atom. The largest absolute Gasteiger partial charge is 0.493 e. The van der Waals surface area contributed by atoms with Crippen LogP contribution in [0.3, 0.4) is 0 Å². The van der Waals surface area contributed by atoms with Gasteiger partial charge in [-0.1, -0.05) is 12.1 Å².